The Labute approximate surface area is 184 Å². The van der Waals surface area contributed by atoms with Gasteiger partial charge in [-0.05, 0) is 49.0 Å². The van der Waals surface area contributed by atoms with E-state index in [9.17, 15) is 0 Å². The van der Waals surface area contributed by atoms with Crippen LogP contribution in [0.15, 0.2) is 36.4 Å². The van der Waals surface area contributed by atoms with Crippen LogP contribution in [0.2, 0.25) is 0 Å². The highest BCUT2D eigenvalue weighted by molar-refractivity contribution is 7.80. The van der Waals surface area contributed by atoms with Gasteiger partial charge < -0.3 is 29.7 Å². The van der Waals surface area contributed by atoms with Crippen molar-refractivity contribution in [3.63, 3.8) is 0 Å². The van der Waals surface area contributed by atoms with Crippen LogP contribution in [0.25, 0.3) is 0 Å². The lowest BCUT2D eigenvalue weighted by atomic mass is 9.91. The predicted molar refractivity (Wildman–Crippen MR) is 123 cm³/mol. The third kappa shape index (κ3) is 5.15. The van der Waals surface area contributed by atoms with Gasteiger partial charge in [-0.1, -0.05) is 12.1 Å². The zero-order chi connectivity index (χ0) is 21.5. The van der Waals surface area contributed by atoms with Gasteiger partial charge in [0.05, 0.1) is 34.4 Å². The zero-order valence-electron chi connectivity index (χ0n) is 18.2. The van der Waals surface area contributed by atoms with Gasteiger partial charge >= 0.3 is 0 Å². The van der Waals surface area contributed by atoms with Crippen LogP contribution in [0, 0.1) is 0 Å². The second-order valence-corrected chi connectivity index (χ2v) is 7.79. The Morgan fingerprint density at radius 1 is 1.07 bits per heavy atom. The van der Waals surface area contributed by atoms with Crippen molar-refractivity contribution in [1.82, 2.24) is 10.6 Å². The Morgan fingerprint density at radius 2 is 1.83 bits per heavy atom. The Hall–Kier alpha value is -2.51. The number of fused-ring (bicyclic) bond motifs is 1. The van der Waals surface area contributed by atoms with Crippen molar-refractivity contribution in [1.29, 1.82) is 0 Å². The Bertz CT molecular complexity index is 875. The van der Waals surface area contributed by atoms with Gasteiger partial charge in [0.1, 0.15) is 18.3 Å². The van der Waals surface area contributed by atoms with Crippen LogP contribution in [-0.4, -0.2) is 46.1 Å². The molecule has 162 valence electrons. The lowest BCUT2D eigenvalue weighted by Crippen LogP contribution is -3.12. The molecule has 7 heteroatoms. The summed E-state index contributed by atoms with van der Waals surface area (Å²) in [7, 11) is 5.07. The highest BCUT2D eigenvalue weighted by Crippen LogP contribution is 2.34. The number of rotatable bonds is 8. The SMILES string of the molecule is CCNC(=S)NC[C@H]1c2cc(OC)c(OC)cc2CC[NH+]1Cc1cccc(OC)c1. The van der Waals surface area contributed by atoms with Crippen molar-refractivity contribution in [2.75, 3.05) is 41.0 Å². The summed E-state index contributed by atoms with van der Waals surface area (Å²) in [6.07, 6.45) is 0.989. The normalized spacial score (nSPS) is 17.6. The van der Waals surface area contributed by atoms with Crippen molar-refractivity contribution in [3.05, 3.63) is 53.1 Å². The third-order valence-electron chi connectivity index (χ3n) is 5.60. The molecule has 1 heterocycles. The molecule has 1 unspecified atom stereocenters. The lowest BCUT2D eigenvalue weighted by molar-refractivity contribution is -0.945. The van der Waals surface area contributed by atoms with E-state index >= 15 is 0 Å². The fourth-order valence-corrected chi connectivity index (χ4v) is 4.32. The molecule has 1 aliphatic heterocycles. The average Bonchev–Trinajstić information content (AvgIpc) is 2.77. The van der Waals surface area contributed by atoms with Crippen molar-refractivity contribution >= 4 is 17.3 Å². The molecule has 3 rings (SSSR count). The number of hydrogen-bond donors (Lipinski definition) is 3. The quantitative estimate of drug-likeness (QED) is 0.556. The van der Waals surface area contributed by atoms with Crippen molar-refractivity contribution in [2.24, 2.45) is 0 Å². The van der Waals surface area contributed by atoms with E-state index in [0.29, 0.717) is 5.11 Å². The fraction of sp³-hybridized carbons (Fsp3) is 0.435. The smallest absolute Gasteiger partial charge is 0.166 e. The molecule has 30 heavy (non-hydrogen) atoms. The van der Waals surface area contributed by atoms with Gasteiger partial charge in [-0.25, -0.2) is 0 Å². The average molecular weight is 431 g/mol. The monoisotopic (exact) mass is 430 g/mol. The molecule has 0 aromatic heterocycles. The topological polar surface area (TPSA) is 56.2 Å². The van der Waals surface area contributed by atoms with Crippen LogP contribution in [0.5, 0.6) is 17.2 Å². The van der Waals surface area contributed by atoms with E-state index < -0.39 is 0 Å². The minimum absolute atomic E-state index is 0.233. The van der Waals surface area contributed by atoms with Crippen LogP contribution in [-0.2, 0) is 13.0 Å². The Balaban J connectivity index is 1.90. The first kappa shape index (κ1) is 22.2. The molecule has 0 aliphatic carbocycles. The summed E-state index contributed by atoms with van der Waals surface area (Å²) in [5.74, 6) is 2.43. The maximum absolute atomic E-state index is 5.59. The van der Waals surface area contributed by atoms with Gasteiger partial charge in [0.15, 0.2) is 16.6 Å². The standard InChI is InChI=1S/C23H31N3O3S/c1-5-24-23(30)25-14-20-19-13-22(29-4)21(28-3)12-17(19)9-10-26(20)15-16-7-6-8-18(11-16)27-2/h6-8,11-13,20H,5,9-10,14-15H2,1-4H3,(H2,24,25,30)/p+1/t20-/m0/s1. The van der Waals surface area contributed by atoms with Crippen molar-refractivity contribution in [2.45, 2.75) is 25.9 Å². The molecule has 1 aliphatic rings. The molecular weight excluding hydrogens is 398 g/mol. The molecule has 6 nitrogen and oxygen atoms in total. The molecule has 0 radical (unpaired) electrons. The second-order valence-electron chi connectivity index (χ2n) is 7.39. The molecule has 0 amide bonds. The zero-order valence-corrected chi connectivity index (χ0v) is 19.0. The summed E-state index contributed by atoms with van der Waals surface area (Å²) < 4.78 is 16.5. The number of thiocarbonyl (C=S) groups is 1. The summed E-state index contributed by atoms with van der Waals surface area (Å²) in [6, 6.07) is 12.8. The van der Waals surface area contributed by atoms with Crippen LogP contribution < -0.4 is 29.7 Å². The van der Waals surface area contributed by atoms with E-state index in [-0.39, 0.29) is 6.04 Å². The van der Waals surface area contributed by atoms with E-state index in [0.717, 1.165) is 49.8 Å². The first-order valence-corrected chi connectivity index (χ1v) is 10.7. The fourth-order valence-electron chi connectivity index (χ4n) is 4.10. The summed E-state index contributed by atoms with van der Waals surface area (Å²) in [5, 5.41) is 7.27. The van der Waals surface area contributed by atoms with Crippen LogP contribution in [0.3, 0.4) is 0 Å². The van der Waals surface area contributed by atoms with Gasteiger partial charge in [-0.15, -0.1) is 0 Å². The van der Waals surface area contributed by atoms with Crippen LogP contribution in [0.1, 0.15) is 29.7 Å². The molecule has 0 spiro atoms. The van der Waals surface area contributed by atoms with Gasteiger partial charge in [0.2, 0.25) is 0 Å². The highest BCUT2D eigenvalue weighted by Gasteiger charge is 2.32. The van der Waals surface area contributed by atoms with Gasteiger partial charge in [0.25, 0.3) is 0 Å². The maximum atomic E-state index is 5.59. The van der Waals surface area contributed by atoms with E-state index in [1.165, 1.54) is 21.6 Å². The molecule has 2 aromatic carbocycles. The van der Waals surface area contributed by atoms with Gasteiger partial charge in [0, 0.05) is 24.1 Å². The number of methoxy groups -OCH3 is 3. The van der Waals surface area contributed by atoms with E-state index in [4.69, 9.17) is 26.4 Å². The van der Waals surface area contributed by atoms with Gasteiger partial charge in [-0.3, -0.25) is 0 Å². The van der Waals surface area contributed by atoms with E-state index in [2.05, 4.69) is 34.9 Å². The Kier molecular flexibility index (Phi) is 7.76. The third-order valence-corrected chi connectivity index (χ3v) is 5.89. The highest BCUT2D eigenvalue weighted by atomic mass is 32.1. The first-order valence-electron chi connectivity index (χ1n) is 10.3. The largest absolute Gasteiger partial charge is 0.497 e. The first-order chi connectivity index (χ1) is 14.6. The molecule has 0 bridgehead atoms. The molecule has 2 atom stereocenters. The maximum Gasteiger partial charge on any atom is 0.166 e. The van der Waals surface area contributed by atoms with Crippen LogP contribution in [0.4, 0.5) is 0 Å². The predicted octanol–water partition coefficient (Wildman–Crippen LogP) is 1.88. The van der Waals surface area contributed by atoms with Crippen molar-refractivity contribution in [3.8, 4) is 17.2 Å². The number of ether oxygens (including phenoxy) is 3. The molecule has 2 aromatic rings. The van der Waals surface area contributed by atoms with E-state index in [1.54, 1.807) is 21.3 Å². The summed E-state index contributed by atoms with van der Waals surface area (Å²) in [6.45, 7) is 5.53. The minimum Gasteiger partial charge on any atom is -0.497 e. The minimum atomic E-state index is 0.233. The molecule has 0 saturated carbocycles. The van der Waals surface area contributed by atoms with Gasteiger partial charge in [-0.2, -0.15) is 0 Å². The summed E-state index contributed by atoms with van der Waals surface area (Å²) >= 11 is 5.42. The molecular formula is C23H32N3O3S+. The number of hydrogen-bond acceptors (Lipinski definition) is 4. The molecule has 0 fully saturated rings. The molecule has 3 N–H and O–H groups in total. The number of quaternary nitrogens is 1. The summed E-state index contributed by atoms with van der Waals surface area (Å²) in [4.78, 5) is 1.48. The van der Waals surface area contributed by atoms with Crippen LogP contribution >= 0.6 is 12.2 Å². The molecule has 0 saturated heterocycles. The number of benzene rings is 2. The second kappa shape index (κ2) is 10.5. The van der Waals surface area contributed by atoms with Crippen molar-refractivity contribution < 1.29 is 19.1 Å². The lowest BCUT2D eigenvalue weighted by Gasteiger charge is -2.35. The number of nitrogens with one attached hydrogen (secondary N) is 3. The summed E-state index contributed by atoms with van der Waals surface area (Å²) in [5.41, 5.74) is 3.85. The van der Waals surface area contributed by atoms with E-state index in [1.807, 2.05) is 19.1 Å². The Morgan fingerprint density at radius 3 is 2.53 bits per heavy atom.